The normalized spacial score (nSPS) is 12.6. The molecule has 4 heteroatoms. The third-order valence-electron chi connectivity index (χ3n) is 2.00. The average Bonchev–Trinajstić information content (AvgIpc) is 2.16. The molecule has 1 atom stereocenters. The molecule has 0 saturated heterocycles. The fraction of sp³-hybridized carbons (Fsp3) is 0.300. The van der Waals surface area contributed by atoms with Crippen LogP contribution in [-0.2, 0) is 0 Å². The third kappa shape index (κ3) is 2.41. The summed E-state index contributed by atoms with van der Waals surface area (Å²) in [6.45, 7) is 1.39. The molecular weight excluding hydrogens is 246 g/mol. The molecule has 3 nitrogen and oxygen atoms in total. The molecule has 0 aliphatic carbocycles. The highest BCUT2D eigenvalue weighted by Gasteiger charge is 2.10. The van der Waals surface area contributed by atoms with E-state index in [0.717, 1.165) is 10.0 Å². The van der Waals surface area contributed by atoms with E-state index < -0.39 is 6.04 Å². The van der Waals surface area contributed by atoms with Gasteiger partial charge in [0.15, 0.2) is 5.78 Å². The van der Waals surface area contributed by atoms with Gasteiger partial charge >= 0.3 is 0 Å². The van der Waals surface area contributed by atoms with Crippen LogP contribution in [0.3, 0.4) is 0 Å². The second-order valence-corrected chi connectivity index (χ2v) is 3.94. The quantitative estimate of drug-likeness (QED) is 0.810. The molecule has 0 heterocycles. The van der Waals surface area contributed by atoms with Crippen molar-refractivity contribution in [3.05, 3.63) is 33.8 Å². The summed E-state index contributed by atoms with van der Waals surface area (Å²) in [5.74, 6) is 0.00909. The summed E-state index contributed by atoms with van der Waals surface area (Å²) in [7, 11) is 0. The zero-order valence-corrected chi connectivity index (χ0v) is 9.41. The van der Waals surface area contributed by atoms with Gasteiger partial charge in [-0.05, 0) is 18.6 Å². The molecule has 0 aliphatic rings. The summed E-state index contributed by atoms with van der Waals surface area (Å²) in [4.78, 5) is 11.0. The van der Waals surface area contributed by atoms with Crippen LogP contribution in [-0.4, -0.2) is 17.5 Å². The van der Waals surface area contributed by atoms with Crippen LogP contribution in [0.15, 0.2) is 22.7 Å². The number of aliphatic hydroxyl groups is 1. The molecular formula is C10H12BrNO2. The lowest BCUT2D eigenvalue weighted by Gasteiger charge is -2.11. The maximum atomic E-state index is 11.0. The molecule has 0 radical (unpaired) electrons. The number of ketones is 1. The van der Waals surface area contributed by atoms with Gasteiger partial charge in [-0.25, -0.2) is 0 Å². The predicted octanol–water partition coefficient (Wildman–Crippen LogP) is 1.64. The number of hydrogen-bond acceptors (Lipinski definition) is 3. The van der Waals surface area contributed by atoms with Crippen LogP contribution < -0.4 is 5.73 Å². The first kappa shape index (κ1) is 11.4. The second-order valence-electron chi connectivity index (χ2n) is 3.08. The van der Waals surface area contributed by atoms with Crippen LogP contribution in [0.4, 0.5) is 0 Å². The molecule has 1 aromatic carbocycles. The average molecular weight is 258 g/mol. The molecule has 0 aromatic heterocycles. The maximum Gasteiger partial charge on any atom is 0.159 e. The van der Waals surface area contributed by atoms with Crippen molar-refractivity contribution in [1.29, 1.82) is 0 Å². The highest BCUT2D eigenvalue weighted by molar-refractivity contribution is 9.10. The summed E-state index contributed by atoms with van der Waals surface area (Å²) < 4.78 is 0.756. The zero-order valence-electron chi connectivity index (χ0n) is 7.83. The summed E-state index contributed by atoms with van der Waals surface area (Å²) in [5, 5.41) is 8.88. The number of carbonyl (C=O) groups is 1. The Bertz CT molecular complexity index is 352. The molecule has 0 spiro atoms. The Kier molecular flexibility index (Phi) is 3.80. The van der Waals surface area contributed by atoms with E-state index in [-0.39, 0.29) is 12.4 Å². The molecule has 14 heavy (non-hydrogen) atoms. The standard InChI is InChI=1S/C10H12BrNO2/c1-6(14)7-2-3-8(9(11)4-7)10(12)5-13/h2-4,10,13H,5,12H2,1H3/t10-/m1/s1. The minimum Gasteiger partial charge on any atom is -0.394 e. The Morgan fingerprint density at radius 1 is 1.64 bits per heavy atom. The van der Waals surface area contributed by atoms with Gasteiger partial charge < -0.3 is 10.8 Å². The second kappa shape index (κ2) is 4.68. The summed E-state index contributed by atoms with van der Waals surface area (Å²) in [6.07, 6.45) is 0. The number of Topliss-reactive ketones (excluding diaryl/α,β-unsaturated/α-hetero) is 1. The van der Waals surface area contributed by atoms with E-state index in [0.29, 0.717) is 5.56 Å². The summed E-state index contributed by atoms with van der Waals surface area (Å²) >= 11 is 3.31. The molecule has 0 fully saturated rings. The minimum absolute atomic E-state index is 0.00909. The molecule has 1 aromatic rings. The largest absolute Gasteiger partial charge is 0.394 e. The van der Waals surface area contributed by atoms with Crippen molar-refractivity contribution in [2.45, 2.75) is 13.0 Å². The number of halogens is 1. The van der Waals surface area contributed by atoms with Gasteiger partial charge in [-0.1, -0.05) is 28.1 Å². The lowest BCUT2D eigenvalue weighted by atomic mass is 10.0. The first-order valence-corrected chi connectivity index (χ1v) is 5.02. The first-order chi connectivity index (χ1) is 6.56. The molecule has 0 unspecified atom stereocenters. The summed E-state index contributed by atoms with van der Waals surface area (Å²) in [5.41, 5.74) is 7.09. The van der Waals surface area contributed by atoms with E-state index in [4.69, 9.17) is 10.8 Å². The van der Waals surface area contributed by atoms with E-state index in [9.17, 15) is 4.79 Å². The van der Waals surface area contributed by atoms with Crippen molar-refractivity contribution < 1.29 is 9.90 Å². The number of rotatable bonds is 3. The van der Waals surface area contributed by atoms with Crippen molar-refractivity contribution in [2.75, 3.05) is 6.61 Å². The van der Waals surface area contributed by atoms with Crippen LogP contribution in [0, 0.1) is 0 Å². The monoisotopic (exact) mass is 257 g/mol. The zero-order chi connectivity index (χ0) is 10.7. The van der Waals surface area contributed by atoms with E-state index in [1.165, 1.54) is 6.92 Å². The van der Waals surface area contributed by atoms with Crippen molar-refractivity contribution >= 4 is 21.7 Å². The lowest BCUT2D eigenvalue weighted by Crippen LogP contribution is -2.15. The van der Waals surface area contributed by atoms with Gasteiger partial charge in [-0.15, -0.1) is 0 Å². The Morgan fingerprint density at radius 2 is 2.29 bits per heavy atom. The molecule has 0 saturated carbocycles. The fourth-order valence-corrected chi connectivity index (χ4v) is 1.82. The Labute approximate surface area is 91.1 Å². The number of nitrogens with two attached hydrogens (primary N) is 1. The molecule has 76 valence electrons. The van der Waals surface area contributed by atoms with Crippen molar-refractivity contribution in [1.82, 2.24) is 0 Å². The van der Waals surface area contributed by atoms with Crippen LogP contribution in [0.25, 0.3) is 0 Å². The lowest BCUT2D eigenvalue weighted by molar-refractivity contribution is 0.101. The van der Waals surface area contributed by atoms with Gasteiger partial charge in [-0.3, -0.25) is 4.79 Å². The van der Waals surface area contributed by atoms with Gasteiger partial charge in [0.05, 0.1) is 12.6 Å². The van der Waals surface area contributed by atoms with Crippen molar-refractivity contribution in [2.24, 2.45) is 5.73 Å². The van der Waals surface area contributed by atoms with Gasteiger partial charge in [0.1, 0.15) is 0 Å². The smallest absolute Gasteiger partial charge is 0.159 e. The van der Waals surface area contributed by atoms with Gasteiger partial charge in [-0.2, -0.15) is 0 Å². The van der Waals surface area contributed by atoms with Crippen LogP contribution >= 0.6 is 15.9 Å². The molecule has 0 aliphatic heterocycles. The Balaban J connectivity index is 3.07. The number of benzene rings is 1. The Morgan fingerprint density at radius 3 is 2.71 bits per heavy atom. The van der Waals surface area contributed by atoms with Crippen LogP contribution in [0.5, 0.6) is 0 Å². The highest BCUT2D eigenvalue weighted by Crippen LogP contribution is 2.23. The highest BCUT2D eigenvalue weighted by atomic mass is 79.9. The van der Waals surface area contributed by atoms with Gasteiger partial charge in [0.25, 0.3) is 0 Å². The molecule has 0 amide bonds. The van der Waals surface area contributed by atoms with E-state index in [2.05, 4.69) is 15.9 Å². The van der Waals surface area contributed by atoms with E-state index in [1.54, 1.807) is 18.2 Å². The van der Waals surface area contributed by atoms with Crippen molar-refractivity contribution in [3.8, 4) is 0 Å². The number of carbonyl (C=O) groups excluding carboxylic acids is 1. The first-order valence-electron chi connectivity index (χ1n) is 4.23. The van der Waals surface area contributed by atoms with Crippen LogP contribution in [0.1, 0.15) is 28.9 Å². The molecule has 3 N–H and O–H groups in total. The fourth-order valence-electron chi connectivity index (χ4n) is 1.15. The van der Waals surface area contributed by atoms with Gasteiger partial charge in [0.2, 0.25) is 0 Å². The van der Waals surface area contributed by atoms with Crippen LogP contribution in [0.2, 0.25) is 0 Å². The topological polar surface area (TPSA) is 63.3 Å². The SMILES string of the molecule is CC(=O)c1ccc([C@H](N)CO)c(Br)c1. The molecule has 0 bridgehead atoms. The van der Waals surface area contributed by atoms with Crippen molar-refractivity contribution in [3.63, 3.8) is 0 Å². The Hall–Kier alpha value is -0.710. The summed E-state index contributed by atoms with van der Waals surface area (Å²) in [6, 6.07) is 4.76. The minimum atomic E-state index is -0.412. The molecule has 1 rings (SSSR count). The number of hydrogen-bond donors (Lipinski definition) is 2. The maximum absolute atomic E-state index is 11.0. The van der Waals surface area contributed by atoms with E-state index in [1.807, 2.05) is 0 Å². The predicted molar refractivity (Wildman–Crippen MR) is 58.2 cm³/mol. The van der Waals surface area contributed by atoms with Gasteiger partial charge in [0, 0.05) is 10.0 Å². The number of aliphatic hydroxyl groups excluding tert-OH is 1. The van der Waals surface area contributed by atoms with E-state index >= 15 is 0 Å². The third-order valence-corrected chi connectivity index (χ3v) is 2.69.